The monoisotopic (exact) mass is 607 g/mol. The van der Waals surface area contributed by atoms with E-state index in [0.29, 0.717) is 24.6 Å². The standard InChI is InChI=1S/C40H49NO4/c1-4-37-30(2)38(40(43)41-25-28-44-3)23-22-34(37)15-7-5-6-11-31-12-8-16-35(17-9-13-31)39(42)36-20-18-33(19-21-36)29-32-14-10-26-45-27-24-32/h4-7,16,18-23,29,31H,8-14,17,24-28H2,1-3H3,(H,41,43). The van der Waals surface area contributed by atoms with Crippen LogP contribution < -0.4 is 15.8 Å². The first-order valence-corrected chi connectivity index (χ1v) is 16.6. The van der Waals surface area contributed by atoms with Crippen molar-refractivity contribution in [1.29, 1.82) is 0 Å². The maximum absolute atomic E-state index is 13.3. The van der Waals surface area contributed by atoms with Crippen LogP contribution in [0, 0.1) is 12.8 Å². The van der Waals surface area contributed by atoms with Crippen molar-refractivity contribution in [3.63, 3.8) is 0 Å². The molecule has 1 aliphatic heterocycles. The number of Topliss-reactive ketones (excluding diaryl/α,β-unsaturated/α-hetero) is 1. The van der Waals surface area contributed by atoms with Crippen molar-refractivity contribution in [3.8, 4) is 0 Å². The fourth-order valence-electron chi connectivity index (χ4n) is 6.20. The number of carbonyl (C=O) groups is 2. The quantitative estimate of drug-likeness (QED) is 0.179. The highest BCUT2D eigenvalue weighted by Gasteiger charge is 2.16. The largest absolute Gasteiger partial charge is 0.383 e. The molecule has 1 amide bonds. The molecular weight excluding hydrogens is 558 g/mol. The van der Waals surface area contributed by atoms with E-state index >= 15 is 0 Å². The number of allylic oxidation sites excluding steroid dienone is 5. The molecule has 1 N–H and O–H groups in total. The molecule has 2 aromatic rings. The SMILES string of the molecule is CC=c1c(C)c(C(=O)NCCOC)ccc1=C=CC=CCC1CCC=C(C(=O)c2ccc(C=C3CCCOCC3)cc2)CCC1. The maximum Gasteiger partial charge on any atom is 0.251 e. The molecule has 45 heavy (non-hydrogen) atoms. The van der Waals surface area contributed by atoms with Gasteiger partial charge < -0.3 is 14.8 Å². The van der Waals surface area contributed by atoms with Crippen molar-refractivity contribution in [2.24, 2.45) is 5.92 Å². The van der Waals surface area contributed by atoms with E-state index in [1.165, 1.54) is 5.57 Å². The Labute approximate surface area is 269 Å². The van der Waals surface area contributed by atoms with Gasteiger partial charge in [-0.3, -0.25) is 9.59 Å². The van der Waals surface area contributed by atoms with Crippen molar-refractivity contribution in [2.75, 3.05) is 33.5 Å². The highest BCUT2D eigenvalue weighted by Crippen LogP contribution is 2.27. The van der Waals surface area contributed by atoms with Crippen molar-refractivity contribution in [3.05, 3.63) is 105 Å². The number of hydrogen-bond acceptors (Lipinski definition) is 4. The molecule has 1 fully saturated rings. The summed E-state index contributed by atoms with van der Waals surface area (Å²) in [4.78, 5) is 25.8. The van der Waals surface area contributed by atoms with E-state index in [1.54, 1.807) is 7.11 Å². The van der Waals surface area contributed by atoms with Gasteiger partial charge in [-0.2, -0.15) is 0 Å². The third-order valence-corrected chi connectivity index (χ3v) is 8.79. The third kappa shape index (κ3) is 10.4. The van der Waals surface area contributed by atoms with Crippen LogP contribution >= 0.6 is 0 Å². The van der Waals surface area contributed by atoms with E-state index < -0.39 is 0 Å². The van der Waals surface area contributed by atoms with Crippen LogP contribution in [-0.4, -0.2) is 45.2 Å². The molecular formula is C40H49NO4. The van der Waals surface area contributed by atoms with Gasteiger partial charge in [-0.05, 0) is 118 Å². The fourth-order valence-corrected chi connectivity index (χ4v) is 6.20. The number of carbonyl (C=O) groups excluding carboxylic acids is 2. The molecule has 0 radical (unpaired) electrons. The normalized spacial score (nSPS) is 18.9. The summed E-state index contributed by atoms with van der Waals surface area (Å²) in [5.74, 6) is 0.703. The van der Waals surface area contributed by atoms with Crippen LogP contribution in [-0.2, 0) is 9.47 Å². The van der Waals surface area contributed by atoms with Gasteiger partial charge in [0.25, 0.3) is 5.91 Å². The van der Waals surface area contributed by atoms with E-state index in [9.17, 15) is 9.59 Å². The average Bonchev–Trinajstić information content (AvgIpc) is 3.30. The van der Waals surface area contributed by atoms with Crippen LogP contribution in [0.1, 0.15) is 96.6 Å². The number of methoxy groups -OCH3 is 1. The predicted octanol–water partition coefficient (Wildman–Crippen LogP) is 7.03. The first-order valence-electron chi connectivity index (χ1n) is 16.6. The predicted molar refractivity (Wildman–Crippen MR) is 185 cm³/mol. The third-order valence-electron chi connectivity index (χ3n) is 8.79. The Bertz CT molecular complexity index is 1540. The highest BCUT2D eigenvalue weighted by molar-refractivity contribution is 6.08. The Morgan fingerprint density at radius 3 is 2.69 bits per heavy atom. The Morgan fingerprint density at radius 2 is 1.89 bits per heavy atom. The zero-order valence-corrected chi connectivity index (χ0v) is 27.3. The van der Waals surface area contributed by atoms with Crippen LogP contribution in [0.5, 0.6) is 0 Å². The number of benzene rings is 2. The summed E-state index contributed by atoms with van der Waals surface area (Å²) in [5.41, 5.74) is 9.36. The lowest BCUT2D eigenvalue weighted by Gasteiger charge is -2.18. The summed E-state index contributed by atoms with van der Waals surface area (Å²) < 4.78 is 10.6. The van der Waals surface area contributed by atoms with E-state index in [1.807, 2.05) is 50.3 Å². The van der Waals surface area contributed by atoms with Gasteiger partial charge >= 0.3 is 0 Å². The van der Waals surface area contributed by atoms with Crippen molar-refractivity contribution >= 4 is 29.6 Å². The lowest BCUT2D eigenvalue weighted by atomic mass is 9.87. The molecule has 4 rings (SSSR count). The second kappa shape index (κ2) is 18.3. The molecule has 0 saturated carbocycles. The molecule has 1 heterocycles. The average molecular weight is 608 g/mol. The Hall–Kier alpha value is -3.76. The lowest BCUT2D eigenvalue weighted by molar-refractivity contribution is 0.0935. The molecule has 1 aliphatic carbocycles. The summed E-state index contributed by atoms with van der Waals surface area (Å²) >= 11 is 0. The first kappa shape index (κ1) is 34.1. The topological polar surface area (TPSA) is 64.6 Å². The molecule has 0 bridgehead atoms. The summed E-state index contributed by atoms with van der Waals surface area (Å²) in [6, 6.07) is 11.9. The Balaban J connectivity index is 1.31. The van der Waals surface area contributed by atoms with Gasteiger partial charge in [-0.15, -0.1) is 5.73 Å². The van der Waals surface area contributed by atoms with Gasteiger partial charge in [0.2, 0.25) is 0 Å². The van der Waals surface area contributed by atoms with Crippen LogP contribution in [0.4, 0.5) is 0 Å². The molecule has 5 nitrogen and oxygen atoms in total. The first-order chi connectivity index (χ1) is 22.0. The van der Waals surface area contributed by atoms with Crippen LogP contribution in [0.25, 0.3) is 17.9 Å². The van der Waals surface area contributed by atoms with Gasteiger partial charge in [0, 0.05) is 36.6 Å². The molecule has 1 unspecified atom stereocenters. The number of ether oxygens (including phenoxy) is 2. The number of amides is 1. The van der Waals surface area contributed by atoms with Gasteiger partial charge in [0.1, 0.15) is 0 Å². The summed E-state index contributed by atoms with van der Waals surface area (Å²) in [6.07, 6.45) is 21.9. The maximum atomic E-state index is 13.3. The Morgan fingerprint density at radius 1 is 1.04 bits per heavy atom. The second-order valence-corrected chi connectivity index (χ2v) is 12.0. The van der Waals surface area contributed by atoms with E-state index in [4.69, 9.17) is 9.47 Å². The van der Waals surface area contributed by atoms with Crippen LogP contribution in [0.2, 0.25) is 0 Å². The molecule has 5 heteroatoms. The molecule has 0 spiro atoms. The number of nitrogens with one attached hydrogen (secondary N) is 1. The lowest BCUT2D eigenvalue weighted by Crippen LogP contribution is -2.33. The molecule has 1 atom stereocenters. The summed E-state index contributed by atoms with van der Waals surface area (Å²) in [6.45, 7) is 6.59. The molecule has 2 aliphatic rings. The van der Waals surface area contributed by atoms with Crippen LogP contribution in [0.15, 0.2) is 71.8 Å². The van der Waals surface area contributed by atoms with Crippen molar-refractivity contribution in [2.45, 2.75) is 71.6 Å². The fraction of sp³-hybridized carbons (Fsp3) is 0.425. The second-order valence-electron chi connectivity index (χ2n) is 12.0. The van der Waals surface area contributed by atoms with E-state index in [2.05, 4.69) is 47.5 Å². The molecule has 0 aromatic heterocycles. The van der Waals surface area contributed by atoms with Crippen molar-refractivity contribution < 1.29 is 19.1 Å². The summed E-state index contributed by atoms with van der Waals surface area (Å²) in [5, 5.41) is 4.90. The number of rotatable bonds is 10. The van der Waals surface area contributed by atoms with E-state index in [-0.39, 0.29) is 11.7 Å². The Kier molecular flexibility index (Phi) is 13.9. The zero-order chi connectivity index (χ0) is 31.9. The highest BCUT2D eigenvalue weighted by atomic mass is 16.5. The molecule has 2 aromatic carbocycles. The smallest absolute Gasteiger partial charge is 0.251 e. The summed E-state index contributed by atoms with van der Waals surface area (Å²) in [7, 11) is 1.62. The van der Waals surface area contributed by atoms with Gasteiger partial charge in [0.05, 0.1) is 13.2 Å². The van der Waals surface area contributed by atoms with Crippen LogP contribution in [0.3, 0.4) is 0 Å². The zero-order valence-electron chi connectivity index (χ0n) is 27.3. The number of hydrogen-bond donors (Lipinski definition) is 1. The molecule has 238 valence electrons. The van der Waals surface area contributed by atoms with Gasteiger partial charge in [0.15, 0.2) is 5.78 Å². The minimum absolute atomic E-state index is 0.0859. The van der Waals surface area contributed by atoms with Gasteiger partial charge in [-0.1, -0.05) is 60.2 Å². The minimum Gasteiger partial charge on any atom is -0.383 e. The minimum atomic E-state index is -0.0859. The number of ketones is 1. The van der Waals surface area contributed by atoms with Crippen molar-refractivity contribution in [1.82, 2.24) is 5.32 Å². The van der Waals surface area contributed by atoms with E-state index in [0.717, 1.165) is 104 Å². The molecule has 1 saturated heterocycles. The van der Waals surface area contributed by atoms with Gasteiger partial charge in [-0.25, -0.2) is 0 Å².